The van der Waals surface area contributed by atoms with E-state index in [1.807, 2.05) is 0 Å². The molecule has 0 aromatic heterocycles. The van der Waals surface area contributed by atoms with Crippen LogP contribution in [0.1, 0.15) is 33.6 Å². The van der Waals surface area contributed by atoms with Crippen molar-refractivity contribution in [3.63, 3.8) is 0 Å². The fourth-order valence-corrected chi connectivity index (χ4v) is 3.20. The van der Waals surface area contributed by atoms with Crippen LogP contribution in [0, 0.1) is 10.1 Å². The molecule has 9 nitrogen and oxygen atoms in total. The maximum absolute atomic E-state index is 12.7. The number of non-ortho nitro benzene ring substituents is 1. The lowest BCUT2D eigenvalue weighted by Gasteiger charge is -2.32. The molecule has 1 saturated heterocycles. The Labute approximate surface area is 167 Å². The summed E-state index contributed by atoms with van der Waals surface area (Å²) in [6.45, 7) is 0.929. The van der Waals surface area contributed by atoms with Gasteiger partial charge < -0.3 is 20.1 Å². The predicted octanol–water partition coefficient (Wildman–Crippen LogP) is 2.65. The zero-order valence-corrected chi connectivity index (χ0v) is 15.9. The number of ether oxygens (including phenoxy) is 2. The first-order valence-electron chi connectivity index (χ1n) is 9.06. The van der Waals surface area contributed by atoms with E-state index in [2.05, 4.69) is 4.74 Å². The Bertz CT molecular complexity index is 920. The Morgan fingerprint density at radius 3 is 2.34 bits per heavy atom. The summed E-state index contributed by atoms with van der Waals surface area (Å²) in [4.78, 5) is 36.2. The summed E-state index contributed by atoms with van der Waals surface area (Å²) in [6, 6.07) is 10.6. The SMILES string of the molecule is COC(=O)c1ccc(OC2CCN(C(=O)c3cc(N)cc([N+](=O)[O-])c3)CC2)cc1. The molecular formula is C20H21N3O6. The number of hydrogen-bond donors (Lipinski definition) is 1. The summed E-state index contributed by atoms with van der Waals surface area (Å²) in [5.41, 5.74) is 6.30. The number of carbonyl (C=O) groups excluding carboxylic acids is 2. The van der Waals surface area contributed by atoms with E-state index in [9.17, 15) is 19.7 Å². The zero-order chi connectivity index (χ0) is 21.0. The number of nitrogens with two attached hydrogens (primary N) is 1. The van der Waals surface area contributed by atoms with Gasteiger partial charge in [0.15, 0.2) is 0 Å². The molecule has 3 rings (SSSR count). The van der Waals surface area contributed by atoms with Crippen molar-refractivity contribution in [2.75, 3.05) is 25.9 Å². The number of nitrogens with zero attached hydrogens (tertiary/aromatic N) is 2. The van der Waals surface area contributed by atoms with E-state index in [1.54, 1.807) is 29.2 Å². The van der Waals surface area contributed by atoms with Crippen LogP contribution >= 0.6 is 0 Å². The number of hydrogen-bond acceptors (Lipinski definition) is 7. The molecule has 0 atom stereocenters. The van der Waals surface area contributed by atoms with Crippen LogP contribution in [-0.4, -0.2) is 48.0 Å². The van der Waals surface area contributed by atoms with Crippen molar-refractivity contribution < 1.29 is 24.0 Å². The van der Waals surface area contributed by atoms with E-state index < -0.39 is 10.9 Å². The molecule has 0 radical (unpaired) electrons. The molecule has 1 aliphatic rings. The molecular weight excluding hydrogens is 378 g/mol. The Morgan fingerprint density at radius 2 is 1.76 bits per heavy atom. The topological polar surface area (TPSA) is 125 Å². The van der Waals surface area contributed by atoms with Gasteiger partial charge in [-0.1, -0.05) is 0 Å². The second kappa shape index (κ2) is 8.59. The van der Waals surface area contributed by atoms with Crippen molar-refractivity contribution in [1.82, 2.24) is 4.90 Å². The van der Waals surface area contributed by atoms with Gasteiger partial charge in [0.05, 0.1) is 17.6 Å². The van der Waals surface area contributed by atoms with Gasteiger partial charge in [-0.15, -0.1) is 0 Å². The van der Waals surface area contributed by atoms with Crippen molar-refractivity contribution in [3.8, 4) is 5.75 Å². The van der Waals surface area contributed by atoms with Gasteiger partial charge in [-0.25, -0.2) is 4.79 Å². The van der Waals surface area contributed by atoms with Crippen molar-refractivity contribution in [2.45, 2.75) is 18.9 Å². The number of anilines is 1. The van der Waals surface area contributed by atoms with Gasteiger partial charge in [-0.05, 0) is 30.3 Å². The van der Waals surface area contributed by atoms with Crippen molar-refractivity contribution in [2.24, 2.45) is 0 Å². The van der Waals surface area contributed by atoms with Crippen molar-refractivity contribution >= 4 is 23.3 Å². The maximum Gasteiger partial charge on any atom is 0.337 e. The van der Waals surface area contributed by atoms with E-state index in [1.165, 1.54) is 25.3 Å². The average molecular weight is 399 g/mol. The number of benzene rings is 2. The monoisotopic (exact) mass is 399 g/mol. The number of nitro benzene ring substituents is 1. The molecule has 29 heavy (non-hydrogen) atoms. The molecule has 9 heteroatoms. The number of nitro groups is 1. The number of piperidine rings is 1. The summed E-state index contributed by atoms with van der Waals surface area (Å²) in [7, 11) is 1.32. The maximum atomic E-state index is 12.7. The summed E-state index contributed by atoms with van der Waals surface area (Å²) in [5.74, 6) is -0.0691. The molecule has 0 aliphatic carbocycles. The van der Waals surface area contributed by atoms with Crippen LogP contribution in [0.25, 0.3) is 0 Å². The normalized spacial score (nSPS) is 14.3. The predicted molar refractivity (Wildman–Crippen MR) is 105 cm³/mol. The van der Waals surface area contributed by atoms with Crippen LogP contribution in [0.2, 0.25) is 0 Å². The Hall–Kier alpha value is -3.62. The lowest BCUT2D eigenvalue weighted by molar-refractivity contribution is -0.384. The van der Waals surface area contributed by atoms with Gasteiger partial charge >= 0.3 is 5.97 Å². The number of carbonyl (C=O) groups is 2. The zero-order valence-electron chi connectivity index (χ0n) is 15.9. The van der Waals surface area contributed by atoms with Gasteiger partial charge in [0.2, 0.25) is 0 Å². The Balaban J connectivity index is 1.58. The third-order valence-corrected chi connectivity index (χ3v) is 4.71. The van der Waals surface area contributed by atoms with Gasteiger partial charge in [-0.2, -0.15) is 0 Å². The molecule has 1 heterocycles. The minimum absolute atomic E-state index is 0.0711. The highest BCUT2D eigenvalue weighted by molar-refractivity contribution is 5.96. The van der Waals surface area contributed by atoms with E-state index >= 15 is 0 Å². The van der Waals surface area contributed by atoms with Crippen molar-refractivity contribution in [3.05, 3.63) is 63.7 Å². The molecule has 1 aliphatic heterocycles. The van der Waals surface area contributed by atoms with Crippen LogP contribution in [-0.2, 0) is 4.74 Å². The molecule has 1 amide bonds. The smallest absolute Gasteiger partial charge is 0.337 e. The highest BCUT2D eigenvalue weighted by atomic mass is 16.6. The summed E-state index contributed by atoms with van der Waals surface area (Å²) >= 11 is 0. The highest BCUT2D eigenvalue weighted by Crippen LogP contribution is 2.23. The minimum Gasteiger partial charge on any atom is -0.490 e. The number of likely N-dealkylation sites (tertiary alicyclic amines) is 1. The van der Waals surface area contributed by atoms with Gasteiger partial charge in [0, 0.05) is 49.3 Å². The molecule has 2 aromatic rings. The van der Waals surface area contributed by atoms with E-state index in [0.717, 1.165) is 0 Å². The summed E-state index contributed by atoms with van der Waals surface area (Å²) in [5, 5.41) is 11.0. The Kier molecular flexibility index (Phi) is 5.96. The quantitative estimate of drug-likeness (QED) is 0.354. The standard InChI is InChI=1S/C20H21N3O6/c1-28-20(25)13-2-4-17(5-3-13)29-18-6-8-22(9-7-18)19(24)14-10-15(21)12-16(11-14)23(26)27/h2-5,10-12,18H,6-9,21H2,1H3. The largest absolute Gasteiger partial charge is 0.490 e. The number of methoxy groups -OCH3 is 1. The summed E-state index contributed by atoms with van der Waals surface area (Å²) in [6.07, 6.45) is 1.17. The third kappa shape index (κ3) is 4.81. The second-order valence-electron chi connectivity index (χ2n) is 6.70. The molecule has 0 unspecified atom stereocenters. The lowest BCUT2D eigenvalue weighted by Crippen LogP contribution is -2.41. The molecule has 0 bridgehead atoms. The number of esters is 1. The third-order valence-electron chi connectivity index (χ3n) is 4.71. The molecule has 0 spiro atoms. The van der Waals surface area contributed by atoms with E-state index in [0.29, 0.717) is 37.2 Å². The molecule has 1 fully saturated rings. The molecule has 2 N–H and O–H groups in total. The first-order valence-corrected chi connectivity index (χ1v) is 9.06. The number of nitrogen functional groups attached to an aromatic ring is 1. The van der Waals surface area contributed by atoms with E-state index in [-0.39, 0.29) is 28.9 Å². The Morgan fingerprint density at radius 1 is 1.10 bits per heavy atom. The second-order valence-corrected chi connectivity index (χ2v) is 6.70. The fourth-order valence-electron chi connectivity index (χ4n) is 3.20. The molecule has 0 saturated carbocycles. The van der Waals surface area contributed by atoms with Crippen LogP contribution in [0.4, 0.5) is 11.4 Å². The molecule has 152 valence electrons. The number of amides is 1. The van der Waals surface area contributed by atoms with Gasteiger partial charge in [-0.3, -0.25) is 14.9 Å². The summed E-state index contributed by atoms with van der Waals surface area (Å²) < 4.78 is 10.6. The van der Waals surface area contributed by atoms with E-state index in [4.69, 9.17) is 10.5 Å². The first kappa shape index (κ1) is 20.1. The fraction of sp³-hybridized carbons (Fsp3) is 0.300. The van der Waals surface area contributed by atoms with Crippen molar-refractivity contribution in [1.29, 1.82) is 0 Å². The van der Waals surface area contributed by atoms with Crippen LogP contribution in [0.15, 0.2) is 42.5 Å². The van der Waals surface area contributed by atoms with Crippen LogP contribution in [0.5, 0.6) is 5.75 Å². The molecule has 2 aromatic carbocycles. The minimum atomic E-state index is -0.571. The van der Waals surface area contributed by atoms with Gasteiger partial charge in [0.1, 0.15) is 11.9 Å². The van der Waals surface area contributed by atoms with Crippen LogP contribution < -0.4 is 10.5 Å². The van der Waals surface area contributed by atoms with Crippen LogP contribution in [0.3, 0.4) is 0 Å². The first-order chi connectivity index (χ1) is 13.9. The lowest BCUT2D eigenvalue weighted by atomic mass is 10.1. The van der Waals surface area contributed by atoms with Gasteiger partial charge in [0.25, 0.3) is 11.6 Å². The highest BCUT2D eigenvalue weighted by Gasteiger charge is 2.26. The number of rotatable bonds is 5. The average Bonchev–Trinajstić information content (AvgIpc) is 2.73.